The molecule has 1 amide bonds. The Balaban J connectivity index is 0.00000242. The number of carbonyl (C=O) groups excluding carboxylic acids is 1. The van der Waals surface area contributed by atoms with E-state index < -0.39 is 0 Å². The van der Waals surface area contributed by atoms with E-state index in [4.69, 9.17) is 5.73 Å². The quantitative estimate of drug-likeness (QED) is 0.908. The molecule has 0 saturated carbocycles. The van der Waals surface area contributed by atoms with Crippen molar-refractivity contribution >= 4 is 29.7 Å². The molecule has 1 heterocycles. The first kappa shape index (κ1) is 18.6. The van der Waals surface area contributed by atoms with Crippen LogP contribution in [0.4, 0.5) is 0 Å². The smallest absolute Gasteiger partial charge is 0.273 e. The van der Waals surface area contributed by atoms with Crippen LogP contribution in [0.2, 0.25) is 0 Å². The van der Waals surface area contributed by atoms with Crippen LogP contribution in [0, 0.1) is 0 Å². The van der Waals surface area contributed by atoms with Crippen LogP contribution in [-0.4, -0.2) is 22.8 Å². The second-order valence-corrected chi connectivity index (χ2v) is 6.33. The van der Waals surface area contributed by atoms with E-state index in [1.165, 1.54) is 16.9 Å². The normalized spacial score (nSPS) is 10.4. The summed E-state index contributed by atoms with van der Waals surface area (Å²) in [5.74, 6) is 0.446. The number of rotatable bonds is 5. The topological polar surface area (TPSA) is 59.2 Å². The number of hydrogen-bond acceptors (Lipinski definition) is 4. The molecule has 0 saturated heterocycles. The highest BCUT2D eigenvalue weighted by molar-refractivity contribution is 7.09. The molecule has 22 heavy (non-hydrogen) atoms. The van der Waals surface area contributed by atoms with Crippen LogP contribution in [0.3, 0.4) is 0 Å². The number of amides is 1. The summed E-state index contributed by atoms with van der Waals surface area (Å²) in [6, 6.07) is 8.39. The van der Waals surface area contributed by atoms with Gasteiger partial charge in [-0.3, -0.25) is 4.79 Å². The summed E-state index contributed by atoms with van der Waals surface area (Å²) in [5.41, 5.74) is 8.42. The Kier molecular flexibility index (Phi) is 7.00. The molecule has 0 atom stereocenters. The third-order valence-corrected chi connectivity index (χ3v) is 4.23. The zero-order valence-corrected chi connectivity index (χ0v) is 14.7. The largest absolute Gasteiger partial charge is 0.336 e. The molecule has 120 valence electrons. The maximum Gasteiger partial charge on any atom is 0.273 e. The lowest BCUT2D eigenvalue weighted by Crippen LogP contribution is -2.26. The predicted molar refractivity (Wildman–Crippen MR) is 93.6 cm³/mol. The lowest BCUT2D eigenvalue weighted by molar-refractivity contribution is 0.0780. The lowest BCUT2D eigenvalue weighted by Gasteiger charge is -2.16. The second-order valence-electron chi connectivity index (χ2n) is 5.39. The van der Waals surface area contributed by atoms with E-state index >= 15 is 0 Å². The molecule has 0 unspecified atom stereocenters. The van der Waals surface area contributed by atoms with Gasteiger partial charge in [0.15, 0.2) is 0 Å². The minimum Gasteiger partial charge on any atom is -0.336 e. The van der Waals surface area contributed by atoms with Gasteiger partial charge in [-0.15, -0.1) is 23.7 Å². The van der Waals surface area contributed by atoms with Crippen molar-refractivity contribution < 1.29 is 4.79 Å². The molecule has 0 aliphatic heterocycles. The third kappa shape index (κ3) is 4.53. The molecule has 0 radical (unpaired) electrons. The van der Waals surface area contributed by atoms with Crippen molar-refractivity contribution in [1.82, 2.24) is 9.88 Å². The van der Waals surface area contributed by atoms with Crippen LogP contribution >= 0.6 is 23.7 Å². The summed E-state index contributed by atoms with van der Waals surface area (Å²) < 4.78 is 0. The SMILES string of the molecule is CC(C)c1ccc(CN(C)C(=O)c2csc(CN)n2)cc1.Cl. The number of aromatic nitrogens is 1. The van der Waals surface area contributed by atoms with Crippen LogP contribution < -0.4 is 5.73 Å². The van der Waals surface area contributed by atoms with E-state index in [9.17, 15) is 4.79 Å². The number of carbonyl (C=O) groups is 1. The molecular formula is C16H22ClN3OS. The van der Waals surface area contributed by atoms with E-state index in [0.717, 1.165) is 10.6 Å². The average Bonchev–Trinajstić information content (AvgIpc) is 2.95. The van der Waals surface area contributed by atoms with Crippen LogP contribution in [0.1, 0.15) is 46.4 Å². The Hall–Kier alpha value is -1.43. The number of hydrogen-bond donors (Lipinski definition) is 1. The first-order valence-electron chi connectivity index (χ1n) is 7.00. The Labute approximate surface area is 141 Å². The van der Waals surface area contributed by atoms with Crippen molar-refractivity contribution in [1.29, 1.82) is 0 Å². The van der Waals surface area contributed by atoms with Gasteiger partial charge < -0.3 is 10.6 Å². The summed E-state index contributed by atoms with van der Waals surface area (Å²) in [6.45, 7) is 5.29. The molecule has 2 rings (SSSR count). The summed E-state index contributed by atoms with van der Waals surface area (Å²) in [5, 5.41) is 2.55. The maximum absolute atomic E-state index is 12.3. The van der Waals surface area contributed by atoms with Crippen LogP contribution in [0.25, 0.3) is 0 Å². The number of nitrogens with two attached hydrogens (primary N) is 1. The van der Waals surface area contributed by atoms with Gasteiger partial charge in [-0.1, -0.05) is 38.1 Å². The third-order valence-electron chi connectivity index (χ3n) is 3.36. The van der Waals surface area contributed by atoms with Crippen LogP contribution in [0.5, 0.6) is 0 Å². The van der Waals surface area contributed by atoms with E-state index in [1.807, 2.05) is 0 Å². The first-order chi connectivity index (χ1) is 10.0. The van der Waals surface area contributed by atoms with Gasteiger partial charge in [-0.2, -0.15) is 0 Å². The van der Waals surface area contributed by atoms with Crippen molar-refractivity contribution in [2.45, 2.75) is 32.9 Å². The number of nitrogens with zero attached hydrogens (tertiary/aromatic N) is 2. The van der Waals surface area contributed by atoms with Crippen molar-refractivity contribution in [3.8, 4) is 0 Å². The van der Waals surface area contributed by atoms with Crippen molar-refractivity contribution in [2.24, 2.45) is 5.73 Å². The number of thiazole rings is 1. The Bertz CT molecular complexity index is 610. The van der Waals surface area contributed by atoms with Crippen molar-refractivity contribution in [3.63, 3.8) is 0 Å². The van der Waals surface area contributed by atoms with Crippen LogP contribution in [-0.2, 0) is 13.1 Å². The molecule has 0 aliphatic carbocycles. The standard InChI is InChI=1S/C16H21N3OS.ClH/c1-11(2)13-6-4-12(5-7-13)9-19(3)16(20)14-10-21-15(8-17)18-14;/h4-7,10-11H,8-9,17H2,1-3H3;1H. The van der Waals surface area contributed by atoms with E-state index in [2.05, 4.69) is 43.1 Å². The average molecular weight is 340 g/mol. The highest BCUT2D eigenvalue weighted by Gasteiger charge is 2.15. The highest BCUT2D eigenvalue weighted by Crippen LogP contribution is 2.16. The second kappa shape index (κ2) is 8.27. The minimum absolute atomic E-state index is 0. The maximum atomic E-state index is 12.3. The molecule has 0 bridgehead atoms. The van der Waals surface area contributed by atoms with Gasteiger partial charge in [0.1, 0.15) is 10.7 Å². The molecule has 0 fully saturated rings. The summed E-state index contributed by atoms with van der Waals surface area (Å²) in [4.78, 5) is 18.2. The summed E-state index contributed by atoms with van der Waals surface area (Å²) in [6.07, 6.45) is 0. The van der Waals surface area contributed by atoms with Gasteiger partial charge in [0, 0.05) is 25.5 Å². The summed E-state index contributed by atoms with van der Waals surface area (Å²) >= 11 is 1.42. The van der Waals surface area contributed by atoms with Gasteiger partial charge >= 0.3 is 0 Å². The van der Waals surface area contributed by atoms with E-state index in [-0.39, 0.29) is 18.3 Å². The minimum atomic E-state index is -0.0705. The molecule has 2 N–H and O–H groups in total. The Morgan fingerprint density at radius 3 is 2.45 bits per heavy atom. The van der Waals surface area contributed by atoms with Crippen molar-refractivity contribution in [3.05, 3.63) is 51.5 Å². The Morgan fingerprint density at radius 2 is 1.95 bits per heavy atom. The van der Waals surface area contributed by atoms with Crippen molar-refractivity contribution in [2.75, 3.05) is 7.05 Å². The number of benzene rings is 1. The molecule has 1 aromatic heterocycles. The van der Waals surface area contributed by atoms with Gasteiger partial charge in [-0.25, -0.2) is 4.98 Å². The molecule has 0 aliphatic rings. The molecule has 4 nitrogen and oxygen atoms in total. The van der Waals surface area contributed by atoms with Gasteiger partial charge in [0.05, 0.1) is 0 Å². The van der Waals surface area contributed by atoms with Gasteiger partial charge in [-0.05, 0) is 17.0 Å². The molecule has 2 aromatic rings. The molecule has 0 spiro atoms. The monoisotopic (exact) mass is 339 g/mol. The molecule has 6 heteroatoms. The fraction of sp³-hybridized carbons (Fsp3) is 0.375. The van der Waals surface area contributed by atoms with Gasteiger partial charge in [0.25, 0.3) is 5.91 Å². The predicted octanol–water partition coefficient (Wildman–Crippen LogP) is 3.42. The fourth-order valence-electron chi connectivity index (χ4n) is 2.05. The fourth-order valence-corrected chi connectivity index (χ4v) is 2.70. The van der Waals surface area contributed by atoms with Gasteiger partial charge in [0.2, 0.25) is 0 Å². The van der Waals surface area contributed by atoms with E-state index in [1.54, 1.807) is 17.3 Å². The first-order valence-corrected chi connectivity index (χ1v) is 7.88. The molecular weight excluding hydrogens is 318 g/mol. The zero-order valence-electron chi connectivity index (χ0n) is 13.1. The number of halogens is 1. The Morgan fingerprint density at radius 1 is 1.32 bits per heavy atom. The van der Waals surface area contributed by atoms with E-state index in [0.29, 0.717) is 24.7 Å². The zero-order chi connectivity index (χ0) is 15.4. The summed E-state index contributed by atoms with van der Waals surface area (Å²) in [7, 11) is 1.79. The highest BCUT2D eigenvalue weighted by atomic mass is 35.5. The van der Waals surface area contributed by atoms with Crippen LogP contribution in [0.15, 0.2) is 29.6 Å². The molecule has 1 aromatic carbocycles. The lowest BCUT2D eigenvalue weighted by atomic mass is 10.0.